The number of hydrogen-bond donors (Lipinski definition) is 2. The second-order valence-electron chi connectivity index (χ2n) is 5.64. The van der Waals surface area contributed by atoms with Gasteiger partial charge in [-0.25, -0.2) is 0 Å². The van der Waals surface area contributed by atoms with E-state index in [2.05, 4.69) is 31.9 Å². The molecule has 0 unspecified atom stereocenters. The first kappa shape index (κ1) is 20.6. The third-order valence-corrected chi connectivity index (χ3v) is 4.29. The van der Waals surface area contributed by atoms with Crippen LogP contribution in [0.5, 0.6) is 5.75 Å². The molecule has 0 aliphatic carbocycles. The Labute approximate surface area is 154 Å². The third kappa shape index (κ3) is 7.35. The molecule has 0 spiro atoms. The standard InChI is InChI=1S/C17H24Br2O4/c1-11(17(21)12(2)15(20)8-16(18)19)9-23-10-13-4-6-14(22-3)7-5-13/h4-8,11-12,15,17,20-21H,9-10H2,1-3H3/t11-,12-,15+,17+/m0/s1. The minimum atomic E-state index is -0.734. The number of halogens is 2. The molecule has 6 heteroatoms. The molecule has 4 nitrogen and oxygen atoms in total. The zero-order valence-electron chi connectivity index (χ0n) is 13.6. The largest absolute Gasteiger partial charge is 0.497 e. The zero-order chi connectivity index (χ0) is 17.4. The van der Waals surface area contributed by atoms with Crippen molar-refractivity contribution in [2.24, 2.45) is 11.8 Å². The van der Waals surface area contributed by atoms with Crippen LogP contribution in [0.2, 0.25) is 0 Å². The number of methoxy groups -OCH3 is 1. The van der Waals surface area contributed by atoms with Crippen LogP contribution >= 0.6 is 31.9 Å². The molecule has 4 atom stereocenters. The van der Waals surface area contributed by atoms with Gasteiger partial charge in [0, 0.05) is 11.8 Å². The fourth-order valence-corrected chi connectivity index (χ4v) is 2.73. The summed E-state index contributed by atoms with van der Waals surface area (Å²) in [4.78, 5) is 0. The maximum Gasteiger partial charge on any atom is 0.118 e. The molecule has 0 radical (unpaired) electrons. The quantitative estimate of drug-likeness (QED) is 0.598. The van der Waals surface area contributed by atoms with E-state index in [1.54, 1.807) is 13.2 Å². The van der Waals surface area contributed by atoms with Gasteiger partial charge in [-0.1, -0.05) is 26.0 Å². The summed E-state index contributed by atoms with van der Waals surface area (Å²) < 4.78 is 11.4. The van der Waals surface area contributed by atoms with Gasteiger partial charge in [-0.2, -0.15) is 0 Å². The summed E-state index contributed by atoms with van der Waals surface area (Å²) in [6, 6.07) is 7.68. The van der Waals surface area contributed by atoms with Crippen molar-refractivity contribution < 1.29 is 19.7 Å². The molecule has 0 heterocycles. The molecule has 0 aliphatic rings. The van der Waals surface area contributed by atoms with Gasteiger partial charge in [0.2, 0.25) is 0 Å². The van der Waals surface area contributed by atoms with Gasteiger partial charge in [-0.15, -0.1) is 0 Å². The molecule has 0 saturated carbocycles. The highest BCUT2D eigenvalue weighted by atomic mass is 79.9. The topological polar surface area (TPSA) is 58.9 Å². The molecule has 2 N–H and O–H groups in total. The Bertz CT molecular complexity index is 486. The Hall–Kier alpha value is -0.400. The van der Waals surface area contributed by atoms with Crippen molar-refractivity contribution in [3.63, 3.8) is 0 Å². The number of aliphatic hydroxyl groups is 2. The predicted octanol–water partition coefficient (Wildman–Crippen LogP) is 3.84. The van der Waals surface area contributed by atoms with Crippen molar-refractivity contribution in [1.29, 1.82) is 0 Å². The summed E-state index contributed by atoms with van der Waals surface area (Å²) >= 11 is 6.42. The first-order valence-corrected chi connectivity index (χ1v) is 9.03. The highest BCUT2D eigenvalue weighted by molar-refractivity contribution is 9.28. The molecule has 1 aromatic rings. The molecule has 0 saturated heterocycles. The van der Waals surface area contributed by atoms with E-state index in [1.807, 2.05) is 38.1 Å². The normalized spacial score (nSPS) is 16.3. The summed E-state index contributed by atoms with van der Waals surface area (Å²) in [6.45, 7) is 4.62. The number of benzene rings is 1. The second-order valence-corrected chi connectivity index (χ2v) is 8.41. The maximum absolute atomic E-state index is 10.3. The van der Waals surface area contributed by atoms with Crippen LogP contribution in [0.25, 0.3) is 0 Å². The smallest absolute Gasteiger partial charge is 0.118 e. The van der Waals surface area contributed by atoms with Crippen molar-refractivity contribution in [3.05, 3.63) is 39.3 Å². The van der Waals surface area contributed by atoms with Gasteiger partial charge >= 0.3 is 0 Å². The molecule has 0 amide bonds. The molecule has 1 aromatic carbocycles. The van der Waals surface area contributed by atoms with Crippen LogP contribution in [-0.2, 0) is 11.3 Å². The summed E-state index contributed by atoms with van der Waals surface area (Å²) in [5.41, 5.74) is 1.05. The molecular weight excluding hydrogens is 428 g/mol. The number of aliphatic hydroxyl groups excluding tert-OH is 2. The van der Waals surface area contributed by atoms with E-state index in [1.165, 1.54) is 0 Å². The Morgan fingerprint density at radius 3 is 2.30 bits per heavy atom. The molecule has 0 bridgehead atoms. The van der Waals surface area contributed by atoms with Gasteiger partial charge in [0.15, 0.2) is 0 Å². The molecule has 1 rings (SSSR count). The van der Waals surface area contributed by atoms with Crippen LogP contribution in [0.3, 0.4) is 0 Å². The monoisotopic (exact) mass is 450 g/mol. The Kier molecular flexibility index (Phi) is 9.39. The van der Waals surface area contributed by atoms with E-state index in [-0.39, 0.29) is 11.8 Å². The molecular formula is C17H24Br2O4. The van der Waals surface area contributed by atoms with Gasteiger partial charge in [0.25, 0.3) is 0 Å². The lowest BCUT2D eigenvalue weighted by Gasteiger charge is -2.27. The highest BCUT2D eigenvalue weighted by Crippen LogP contribution is 2.22. The van der Waals surface area contributed by atoms with E-state index in [9.17, 15) is 10.2 Å². The van der Waals surface area contributed by atoms with Crippen LogP contribution in [0.1, 0.15) is 19.4 Å². The second kappa shape index (κ2) is 10.5. The minimum Gasteiger partial charge on any atom is -0.497 e. The predicted molar refractivity (Wildman–Crippen MR) is 98.9 cm³/mol. The molecule has 0 aliphatic heterocycles. The SMILES string of the molecule is COc1ccc(COC[C@H](C)[C@@H](O)[C@@H](C)[C@H](O)C=C(Br)Br)cc1. The highest BCUT2D eigenvalue weighted by Gasteiger charge is 2.26. The Balaban J connectivity index is 2.42. The van der Waals surface area contributed by atoms with Crippen molar-refractivity contribution in [1.82, 2.24) is 0 Å². The van der Waals surface area contributed by atoms with E-state index in [0.717, 1.165) is 11.3 Å². The van der Waals surface area contributed by atoms with Crippen LogP contribution in [0.15, 0.2) is 33.7 Å². The fraction of sp³-hybridized carbons (Fsp3) is 0.529. The van der Waals surface area contributed by atoms with E-state index in [0.29, 0.717) is 16.6 Å². The summed E-state index contributed by atoms with van der Waals surface area (Å²) in [7, 11) is 1.63. The molecule has 23 heavy (non-hydrogen) atoms. The fourth-order valence-electron chi connectivity index (χ4n) is 2.18. The van der Waals surface area contributed by atoms with Crippen molar-refractivity contribution in [2.45, 2.75) is 32.7 Å². The lowest BCUT2D eigenvalue weighted by Crippen LogP contribution is -2.35. The van der Waals surface area contributed by atoms with Gasteiger partial charge in [0.05, 0.1) is 35.9 Å². The van der Waals surface area contributed by atoms with Crippen molar-refractivity contribution in [2.75, 3.05) is 13.7 Å². The first-order valence-electron chi connectivity index (χ1n) is 7.44. The maximum atomic E-state index is 10.3. The van der Waals surface area contributed by atoms with Gasteiger partial charge in [-0.05, 0) is 55.6 Å². The molecule has 0 aromatic heterocycles. The molecule has 0 fully saturated rings. The lowest BCUT2D eigenvalue weighted by atomic mass is 9.90. The number of hydrogen-bond acceptors (Lipinski definition) is 4. The van der Waals surface area contributed by atoms with Gasteiger partial charge < -0.3 is 19.7 Å². The van der Waals surface area contributed by atoms with Crippen LogP contribution in [0, 0.1) is 11.8 Å². The lowest BCUT2D eigenvalue weighted by molar-refractivity contribution is -0.0230. The summed E-state index contributed by atoms with van der Waals surface area (Å²) in [5.74, 6) is 0.437. The molecule has 130 valence electrons. The van der Waals surface area contributed by atoms with Crippen molar-refractivity contribution >= 4 is 31.9 Å². The van der Waals surface area contributed by atoms with E-state index in [4.69, 9.17) is 9.47 Å². The average molecular weight is 452 g/mol. The van der Waals surface area contributed by atoms with Crippen LogP contribution in [-0.4, -0.2) is 36.1 Å². The summed E-state index contributed by atoms with van der Waals surface area (Å²) in [6.07, 6.45) is 0.220. The number of rotatable bonds is 9. The van der Waals surface area contributed by atoms with E-state index >= 15 is 0 Å². The summed E-state index contributed by atoms with van der Waals surface area (Å²) in [5, 5.41) is 20.3. The van der Waals surface area contributed by atoms with Gasteiger partial charge in [-0.3, -0.25) is 0 Å². The zero-order valence-corrected chi connectivity index (χ0v) is 16.7. The number of ether oxygens (including phenoxy) is 2. The average Bonchev–Trinajstić information content (AvgIpc) is 2.53. The van der Waals surface area contributed by atoms with Crippen LogP contribution < -0.4 is 4.74 Å². The van der Waals surface area contributed by atoms with Gasteiger partial charge in [0.1, 0.15) is 5.75 Å². The Morgan fingerprint density at radius 1 is 1.17 bits per heavy atom. The first-order chi connectivity index (χ1) is 10.8. The van der Waals surface area contributed by atoms with E-state index < -0.39 is 12.2 Å². The third-order valence-electron chi connectivity index (χ3n) is 3.77. The minimum absolute atomic E-state index is 0.0830. The van der Waals surface area contributed by atoms with Crippen LogP contribution in [0.4, 0.5) is 0 Å². The Morgan fingerprint density at radius 2 is 1.78 bits per heavy atom. The van der Waals surface area contributed by atoms with Crippen molar-refractivity contribution in [3.8, 4) is 5.75 Å².